The van der Waals surface area contributed by atoms with E-state index in [9.17, 15) is 14.4 Å². The summed E-state index contributed by atoms with van der Waals surface area (Å²) in [6, 6.07) is 0. The summed E-state index contributed by atoms with van der Waals surface area (Å²) in [6.45, 7) is 11.4. The number of hydrogen-bond donors (Lipinski definition) is 0. The summed E-state index contributed by atoms with van der Waals surface area (Å²) in [5, 5.41) is 0. The van der Waals surface area contributed by atoms with Crippen LogP contribution in [0.5, 0.6) is 0 Å². The van der Waals surface area contributed by atoms with Crippen LogP contribution < -0.4 is 0 Å². The van der Waals surface area contributed by atoms with Crippen LogP contribution in [0.3, 0.4) is 0 Å². The lowest BCUT2D eigenvalue weighted by molar-refractivity contribution is -0.167. The number of hydrogen-bond acceptors (Lipinski definition) is 6. The van der Waals surface area contributed by atoms with E-state index in [1.807, 2.05) is 0 Å². The molecule has 0 aliphatic rings. The molecule has 0 rings (SSSR count). The SMILES string of the molecule is CCCCCCCCCC(=O)O[C@@H](COC(=O)CCCCCCCCCCCCCCCCCCCCC(C)CC)COC(=O)CCCCCCCCCCCCCCCC(C)C. The van der Waals surface area contributed by atoms with Crippen LogP contribution in [-0.4, -0.2) is 37.2 Å². The van der Waals surface area contributed by atoms with Crippen molar-refractivity contribution in [2.45, 2.75) is 323 Å². The molecule has 63 heavy (non-hydrogen) atoms. The Morgan fingerprint density at radius 2 is 0.603 bits per heavy atom. The highest BCUT2D eigenvalue weighted by atomic mass is 16.6. The zero-order chi connectivity index (χ0) is 46.1. The van der Waals surface area contributed by atoms with Crippen LogP contribution in [0.2, 0.25) is 0 Å². The molecule has 0 N–H and O–H groups in total. The molecule has 374 valence electrons. The first kappa shape index (κ1) is 61.4. The van der Waals surface area contributed by atoms with Crippen molar-refractivity contribution in [1.29, 1.82) is 0 Å². The quantitative estimate of drug-likeness (QED) is 0.0344. The van der Waals surface area contributed by atoms with Gasteiger partial charge in [0.25, 0.3) is 0 Å². The number of carbonyl (C=O) groups excluding carboxylic acids is 3. The maximum Gasteiger partial charge on any atom is 0.306 e. The Bertz CT molecular complexity index is 964. The molecule has 0 heterocycles. The Kier molecular flexibility index (Phi) is 48.6. The van der Waals surface area contributed by atoms with Gasteiger partial charge in [0.1, 0.15) is 13.2 Å². The largest absolute Gasteiger partial charge is 0.462 e. The standard InChI is InChI=1S/C57H110O6/c1-6-8-9-10-30-39-44-49-57(60)63-54(51-62-56(59)48-43-38-34-29-25-21-17-18-22-26-31-35-40-45-52(3)4)50-61-55(58)47-42-37-33-28-24-20-16-14-12-11-13-15-19-23-27-32-36-41-46-53(5)7-2/h52-54H,6-51H2,1-5H3/t53?,54-/m0/s1. The second-order valence-electron chi connectivity index (χ2n) is 20.3. The molecule has 0 aromatic rings. The van der Waals surface area contributed by atoms with Crippen molar-refractivity contribution in [3.8, 4) is 0 Å². The first-order chi connectivity index (χ1) is 30.8. The van der Waals surface area contributed by atoms with Crippen molar-refractivity contribution < 1.29 is 28.6 Å². The van der Waals surface area contributed by atoms with Gasteiger partial charge in [0.2, 0.25) is 0 Å². The van der Waals surface area contributed by atoms with Gasteiger partial charge in [0, 0.05) is 19.3 Å². The van der Waals surface area contributed by atoms with E-state index in [4.69, 9.17) is 14.2 Å². The average Bonchev–Trinajstić information content (AvgIpc) is 3.27. The first-order valence-corrected chi connectivity index (χ1v) is 28.3. The molecule has 0 spiro atoms. The highest BCUT2D eigenvalue weighted by Gasteiger charge is 2.19. The summed E-state index contributed by atoms with van der Waals surface area (Å²) in [5.74, 6) is 0.900. The molecule has 0 fully saturated rings. The smallest absolute Gasteiger partial charge is 0.306 e. The zero-order valence-corrected chi connectivity index (χ0v) is 43.2. The second-order valence-corrected chi connectivity index (χ2v) is 20.3. The van der Waals surface area contributed by atoms with Crippen LogP contribution >= 0.6 is 0 Å². The monoisotopic (exact) mass is 891 g/mol. The van der Waals surface area contributed by atoms with Gasteiger partial charge in [-0.25, -0.2) is 0 Å². The Morgan fingerprint density at radius 3 is 0.905 bits per heavy atom. The lowest BCUT2D eigenvalue weighted by Gasteiger charge is -2.18. The summed E-state index contributed by atoms with van der Waals surface area (Å²) >= 11 is 0. The van der Waals surface area contributed by atoms with Crippen LogP contribution in [0.4, 0.5) is 0 Å². The lowest BCUT2D eigenvalue weighted by Crippen LogP contribution is -2.30. The molecule has 0 bridgehead atoms. The van der Waals surface area contributed by atoms with Gasteiger partial charge in [-0.1, -0.05) is 279 Å². The lowest BCUT2D eigenvalue weighted by atomic mass is 9.99. The molecule has 6 nitrogen and oxygen atoms in total. The Morgan fingerprint density at radius 1 is 0.333 bits per heavy atom. The van der Waals surface area contributed by atoms with E-state index < -0.39 is 6.10 Å². The predicted octanol–water partition coefficient (Wildman–Crippen LogP) is 18.5. The molecule has 0 saturated heterocycles. The zero-order valence-electron chi connectivity index (χ0n) is 43.2. The molecule has 1 unspecified atom stereocenters. The fourth-order valence-electron chi connectivity index (χ4n) is 8.66. The van der Waals surface area contributed by atoms with E-state index in [0.717, 1.165) is 69.6 Å². The summed E-state index contributed by atoms with van der Waals surface area (Å²) in [5.41, 5.74) is 0. The molecule has 0 aromatic heterocycles. The van der Waals surface area contributed by atoms with Gasteiger partial charge in [0.15, 0.2) is 6.10 Å². The van der Waals surface area contributed by atoms with Crippen molar-refractivity contribution in [2.24, 2.45) is 11.8 Å². The summed E-state index contributed by atoms with van der Waals surface area (Å²) in [7, 11) is 0. The van der Waals surface area contributed by atoms with Crippen LogP contribution in [0.1, 0.15) is 317 Å². The molecule has 0 aromatic carbocycles. The Hall–Kier alpha value is -1.59. The molecular weight excluding hydrogens is 781 g/mol. The topological polar surface area (TPSA) is 78.9 Å². The van der Waals surface area contributed by atoms with Crippen LogP contribution in [-0.2, 0) is 28.6 Å². The minimum Gasteiger partial charge on any atom is -0.462 e. The predicted molar refractivity (Wildman–Crippen MR) is 270 cm³/mol. The van der Waals surface area contributed by atoms with Gasteiger partial charge >= 0.3 is 17.9 Å². The fourth-order valence-corrected chi connectivity index (χ4v) is 8.66. The van der Waals surface area contributed by atoms with Gasteiger partial charge in [0.05, 0.1) is 0 Å². The van der Waals surface area contributed by atoms with E-state index in [-0.39, 0.29) is 31.1 Å². The number of ether oxygens (including phenoxy) is 3. The third kappa shape index (κ3) is 49.7. The van der Waals surface area contributed by atoms with E-state index in [1.54, 1.807) is 0 Å². The molecule has 2 atom stereocenters. The first-order valence-electron chi connectivity index (χ1n) is 28.3. The Balaban J connectivity index is 4.08. The second kappa shape index (κ2) is 49.8. The number of unbranched alkanes of at least 4 members (excludes halogenated alkanes) is 35. The van der Waals surface area contributed by atoms with Crippen molar-refractivity contribution >= 4 is 17.9 Å². The molecule has 0 saturated carbocycles. The van der Waals surface area contributed by atoms with Crippen LogP contribution in [0, 0.1) is 11.8 Å². The van der Waals surface area contributed by atoms with Crippen molar-refractivity contribution in [3.05, 3.63) is 0 Å². The molecule has 0 aliphatic heterocycles. The van der Waals surface area contributed by atoms with Crippen LogP contribution in [0.15, 0.2) is 0 Å². The van der Waals surface area contributed by atoms with Crippen molar-refractivity contribution in [3.63, 3.8) is 0 Å². The van der Waals surface area contributed by atoms with Gasteiger partial charge in [-0.15, -0.1) is 0 Å². The van der Waals surface area contributed by atoms with E-state index in [0.29, 0.717) is 19.3 Å². The maximum atomic E-state index is 12.7. The van der Waals surface area contributed by atoms with Crippen molar-refractivity contribution in [1.82, 2.24) is 0 Å². The molecule has 0 aliphatic carbocycles. The molecule has 0 radical (unpaired) electrons. The minimum absolute atomic E-state index is 0.0636. The fraction of sp³-hybridized carbons (Fsp3) is 0.947. The third-order valence-corrected chi connectivity index (χ3v) is 13.3. The van der Waals surface area contributed by atoms with Gasteiger partial charge < -0.3 is 14.2 Å². The summed E-state index contributed by atoms with van der Waals surface area (Å²) in [4.78, 5) is 37.9. The van der Waals surface area contributed by atoms with E-state index in [2.05, 4.69) is 34.6 Å². The number of esters is 3. The maximum absolute atomic E-state index is 12.7. The van der Waals surface area contributed by atoms with Gasteiger partial charge in [-0.3, -0.25) is 14.4 Å². The van der Waals surface area contributed by atoms with E-state index >= 15 is 0 Å². The molecule has 0 amide bonds. The number of rotatable bonds is 51. The normalized spacial score (nSPS) is 12.5. The number of carbonyl (C=O) groups is 3. The molecule has 6 heteroatoms. The summed E-state index contributed by atoms with van der Waals surface area (Å²) < 4.78 is 16.8. The van der Waals surface area contributed by atoms with Gasteiger partial charge in [-0.05, 0) is 31.1 Å². The highest BCUT2D eigenvalue weighted by Crippen LogP contribution is 2.18. The highest BCUT2D eigenvalue weighted by molar-refractivity contribution is 5.71. The summed E-state index contributed by atoms with van der Waals surface area (Å²) in [6.07, 6.45) is 52.5. The minimum atomic E-state index is -0.760. The molecular formula is C57H110O6. The Labute approximate surface area is 393 Å². The average molecular weight is 892 g/mol. The van der Waals surface area contributed by atoms with Gasteiger partial charge in [-0.2, -0.15) is 0 Å². The third-order valence-electron chi connectivity index (χ3n) is 13.3. The van der Waals surface area contributed by atoms with Crippen LogP contribution in [0.25, 0.3) is 0 Å². The van der Waals surface area contributed by atoms with Crippen molar-refractivity contribution in [2.75, 3.05) is 13.2 Å². The van der Waals surface area contributed by atoms with E-state index in [1.165, 1.54) is 205 Å².